The molecule has 0 nitrogen and oxygen atoms in total. The van der Waals surface area contributed by atoms with E-state index >= 15 is 0 Å². The second-order valence-corrected chi connectivity index (χ2v) is 12.0. The Kier molecular flexibility index (Phi) is 8.03. The molecule has 2 aliphatic carbocycles. The van der Waals surface area contributed by atoms with Gasteiger partial charge < -0.3 is 0 Å². The lowest BCUT2D eigenvalue weighted by Gasteiger charge is -2.30. The summed E-state index contributed by atoms with van der Waals surface area (Å²) in [5.41, 5.74) is 12.6. The van der Waals surface area contributed by atoms with Gasteiger partial charge in [0.2, 0.25) is 0 Å². The van der Waals surface area contributed by atoms with Crippen LogP contribution in [0.25, 0.3) is 0 Å². The average molecular weight is 445 g/mol. The van der Waals surface area contributed by atoms with E-state index in [2.05, 4.69) is 65.8 Å². The van der Waals surface area contributed by atoms with Gasteiger partial charge in [-0.2, -0.15) is 0 Å². The van der Waals surface area contributed by atoms with E-state index in [1.54, 1.807) is 22.3 Å². The molecule has 0 heterocycles. The first-order valence-electron chi connectivity index (χ1n) is 14.1. The van der Waals surface area contributed by atoms with Crippen LogP contribution in [-0.4, -0.2) is 0 Å². The van der Waals surface area contributed by atoms with Gasteiger partial charge in [-0.05, 0) is 122 Å². The van der Waals surface area contributed by atoms with E-state index in [1.807, 2.05) is 0 Å². The normalized spacial score (nSPS) is 18.4. The molecule has 2 aromatic carbocycles. The summed E-state index contributed by atoms with van der Waals surface area (Å²) >= 11 is 0. The molecule has 2 aromatic rings. The Labute approximate surface area is 204 Å². The number of benzene rings is 2. The van der Waals surface area contributed by atoms with Gasteiger partial charge in [0.1, 0.15) is 0 Å². The van der Waals surface area contributed by atoms with Crippen LogP contribution in [0.2, 0.25) is 0 Å². The maximum Gasteiger partial charge on any atom is 0.00972 e. The van der Waals surface area contributed by atoms with Crippen LogP contribution >= 0.6 is 0 Å². The molecule has 0 radical (unpaired) electrons. The summed E-state index contributed by atoms with van der Waals surface area (Å²) in [6, 6.07) is 10.3. The van der Waals surface area contributed by atoms with Crippen LogP contribution in [0.5, 0.6) is 0 Å². The van der Waals surface area contributed by atoms with Crippen molar-refractivity contribution in [2.75, 3.05) is 0 Å². The van der Waals surface area contributed by atoms with E-state index in [-0.39, 0.29) is 0 Å². The first-order chi connectivity index (χ1) is 15.8. The molecule has 4 rings (SSSR count). The molecule has 2 saturated carbocycles. The van der Waals surface area contributed by atoms with Gasteiger partial charge in [0.05, 0.1) is 0 Å². The lowest BCUT2D eigenvalue weighted by Crippen LogP contribution is -2.14. The third kappa shape index (κ3) is 5.58. The molecule has 0 heteroatoms. The molecule has 0 unspecified atom stereocenters. The van der Waals surface area contributed by atoms with Crippen LogP contribution in [0.1, 0.15) is 147 Å². The molecular weight excluding hydrogens is 396 g/mol. The zero-order chi connectivity index (χ0) is 23.5. The Balaban J connectivity index is 1.79. The maximum atomic E-state index is 2.66. The zero-order valence-corrected chi connectivity index (χ0v) is 22.4. The zero-order valence-electron chi connectivity index (χ0n) is 22.4. The van der Waals surface area contributed by atoms with Crippen LogP contribution in [0.15, 0.2) is 24.3 Å². The van der Waals surface area contributed by atoms with Crippen molar-refractivity contribution in [1.29, 1.82) is 0 Å². The first kappa shape index (κ1) is 24.6. The fourth-order valence-corrected chi connectivity index (χ4v) is 7.12. The summed E-state index contributed by atoms with van der Waals surface area (Å²) in [6.07, 6.45) is 15.3. The third-order valence-corrected chi connectivity index (χ3v) is 8.86. The average Bonchev–Trinajstić information content (AvgIpc) is 2.79. The molecule has 0 aromatic heterocycles. The molecule has 2 aliphatic rings. The molecule has 33 heavy (non-hydrogen) atoms. The number of hydrogen-bond acceptors (Lipinski definition) is 0. The predicted molar refractivity (Wildman–Crippen MR) is 145 cm³/mol. The van der Waals surface area contributed by atoms with Gasteiger partial charge in [-0.15, -0.1) is 0 Å². The molecular formula is C33H48. The first-order valence-corrected chi connectivity index (χ1v) is 14.1. The van der Waals surface area contributed by atoms with Crippen LogP contribution in [0, 0.1) is 33.6 Å². The predicted octanol–water partition coefficient (Wildman–Crippen LogP) is 10.2. The van der Waals surface area contributed by atoms with Crippen molar-refractivity contribution in [3.63, 3.8) is 0 Å². The summed E-state index contributed by atoms with van der Waals surface area (Å²) in [4.78, 5) is 0. The minimum atomic E-state index is 0.510. The summed E-state index contributed by atoms with van der Waals surface area (Å²) in [5, 5.41) is 0. The third-order valence-electron chi connectivity index (χ3n) is 8.86. The maximum absolute atomic E-state index is 2.66. The van der Waals surface area contributed by atoms with Crippen molar-refractivity contribution in [2.24, 2.45) is 5.92 Å². The molecule has 0 bridgehead atoms. The van der Waals surface area contributed by atoms with Crippen LogP contribution in [-0.2, 0) is 0 Å². The quantitative estimate of drug-likeness (QED) is 0.415. The molecule has 0 N–H and O–H groups in total. The summed E-state index contributed by atoms with van der Waals surface area (Å²) < 4.78 is 0. The molecule has 0 saturated heterocycles. The molecule has 2 fully saturated rings. The SMILES string of the molecule is Cc1cc(C)c(C(CC(C)C)c2cc(C3CCCCC3)c(C)cc2C)cc1C1CCCCC1. The minimum absolute atomic E-state index is 0.510. The van der Waals surface area contributed by atoms with Crippen molar-refractivity contribution in [2.45, 2.75) is 130 Å². The van der Waals surface area contributed by atoms with Crippen molar-refractivity contribution in [3.05, 3.63) is 68.8 Å². The Hall–Kier alpha value is -1.56. The lowest BCUT2D eigenvalue weighted by molar-refractivity contribution is 0.441. The fraction of sp³-hybridized carbons (Fsp3) is 0.636. The smallest absolute Gasteiger partial charge is 0.00972 e. The largest absolute Gasteiger partial charge is 0.0627 e. The van der Waals surface area contributed by atoms with E-state index in [1.165, 1.54) is 92.9 Å². The Morgan fingerprint density at radius 3 is 1.33 bits per heavy atom. The lowest BCUT2D eigenvalue weighted by atomic mass is 9.74. The van der Waals surface area contributed by atoms with Gasteiger partial charge in [0, 0.05) is 5.92 Å². The van der Waals surface area contributed by atoms with E-state index in [0.29, 0.717) is 11.8 Å². The van der Waals surface area contributed by atoms with Crippen molar-refractivity contribution >= 4 is 0 Å². The van der Waals surface area contributed by atoms with Gasteiger partial charge in [0.15, 0.2) is 0 Å². The second-order valence-electron chi connectivity index (χ2n) is 12.0. The molecule has 0 amide bonds. The van der Waals surface area contributed by atoms with Gasteiger partial charge in [-0.3, -0.25) is 0 Å². The number of rotatable bonds is 6. The van der Waals surface area contributed by atoms with Crippen LogP contribution in [0.4, 0.5) is 0 Å². The molecule has 180 valence electrons. The Morgan fingerprint density at radius 2 is 0.970 bits per heavy atom. The number of hydrogen-bond donors (Lipinski definition) is 0. The highest BCUT2D eigenvalue weighted by Crippen LogP contribution is 2.42. The molecule has 0 spiro atoms. The summed E-state index contributed by atoms with van der Waals surface area (Å²) in [6.45, 7) is 14.3. The van der Waals surface area contributed by atoms with E-state index in [0.717, 1.165) is 11.8 Å². The molecule has 0 aliphatic heterocycles. The standard InChI is InChI=1S/C33H48/c1-22(2)17-33(31-20-29(23(3)18-25(31)5)27-13-9-7-10-14-27)32-21-30(24(4)19-26(32)6)28-15-11-8-12-16-28/h18-22,27-28,33H,7-17H2,1-6H3. The fourth-order valence-electron chi connectivity index (χ4n) is 7.12. The molecule has 0 atom stereocenters. The van der Waals surface area contributed by atoms with Crippen LogP contribution in [0.3, 0.4) is 0 Å². The van der Waals surface area contributed by atoms with Gasteiger partial charge in [-0.25, -0.2) is 0 Å². The highest BCUT2D eigenvalue weighted by Gasteiger charge is 2.26. The monoisotopic (exact) mass is 444 g/mol. The topological polar surface area (TPSA) is 0 Å². The van der Waals surface area contributed by atoms with Crippen molar-refractivity contribution in [1.82, 2.24) is 0 Å². The van der Waals surface area contributed by atoms with Gasteiger partial charge >= 0.3 is 0 Å². The van der Waals surface area contributed by atoms with Gasteiger partial charge in [0.25, 0.3) is 0 Å². The second kappa shape index (κ2) is 10.8. The van der Waals surface area contributed by atoms with Crippen molar-refractivity contribution < 1.29 is 0 Å². The Bertz CT molecular complexity index is 861. The van der Waals surface area contributed by atoms with E-state index in [9.17, 15) is 0 Å². The van der Waals surface area contributed by atoms with Crippen LogP contribution < -0.4 is 0 Å². The highest BCUT2D eigenvalue weighted by atomic mass is 14.3. The highest BCUT2D eigenvalue weighted by molar-refractivity contribution is 5.49. The Morgan fingerprint density at radius 1 is 0.576 bits per heavy atom. The number of aryl methyl sites for hydroxylation is 4. The van der Waals surface area contributed by atoms with E-state index in [4.69, 9.17) is 0 Å². The van der Waals surface area contributed by atoms with E-state index < -0.39 is 0 Å². The van der Waals surface area contributed by atoms with Crippen molar-refractivity contribution in [3.8, 4) is 0 Å². The van der Waals surface area contributed by atoms with Gasteiger partial charge in [-0.1, -0.05) is 76.6 Å². The minimum Gasteiger partial charge on any atom is -0.0627 e. The summed E-state index contributed by atoms with van der Waals surface area (Å²) in [7, 11) is 0. The summed E-state index contributed by atoms with van der Waals surface area (Å²) in [5.74, 6) is 2.74.